The summed E-state index contributed by atoms with van der Waals surface area (Å²) < 4.78 is 33.8. The van der Waals surface area contributed by atoms with Crippen LogP contribution in [0.25, 0.3) is 0 Å². The van der Waals surface area contributed by atoms with E-state index in [1.54, 1.807) is 37.4 Å². The van der Waals surface area contributed by atoms with Gasteiger partial charge in [0.25, 0.3) is 0 Å². The second-order valence-electron chi connectivity index (χ2n) is 7.11. The molecule has 1 fully saturated rings. The largest absolute Gasteiger partial charge is 0.497 e. The van der Waals surface area contributed by atoms with Crippen molar-refractivity contribution >= 4 is 33.0 Å². The van der Waals surface area contributed by atoms with Crippen molar-refractivity contribution in [2.24, 2.45) is 5.92 Å². The van der Waals surface area contributed by atoms with Crippen LogP contribution in [0.4, 0.5) is 11.4 Å². The Morgan fingerprint density at radius 1 is 1.10 bits per heavy atom. The minimum atomic E-state index is -3.32. The molecule has 0 spiro atoms. The number of anilines is 2. The number of benzene rings is 2. The van der Waals surface area contributed by atoms with Crippen molar-refractivity contribution in [3.05, 3.63) is 42.5 Å². The van der Waals surface area contributed by atoms with Crippen molar-refractivity contribution in [1.82, 2.24) is 0 Å². The zero-order valence-corrected chi connectivity index (χ0v) is 18.1. The van der Waals surface area contributed by atoms with Crippen molar-refractivity contribution < 1.29 is 27.5 Å². The van der Waals surface area contributed by atoms with Crippen LogP contribution >= 0.6 is 0 Å². The summed E-state index contributed by atoms with van der Waals surface area (Å²) in [5, 5.41) is 0. The third-order valence-electron chi connectivity index (χ3n) is 5.13. The minimum Gasteiger partial charge on any atom is -0.497 e. The maximum Gasteiger partial charge on any atom is 0.232 e. The van der Waals surface area contributed by atoms with E-state index in [-0.39, 0.29) is 29.7 Å². The Morgan fingerprint density at radius 3 is 2.33 bits per heavy atom. The summed E-state index contributed by atoms with van der Waals surface area (Å²) in [6.07, 6.45) is 1.20. The second kappa shape index (κ2) is 8.35. The van der Waals surface area contributed by atoms with Gasteiger partial charge in [-0.15, -0.1) is 0 Å². The third kappa shape index (κ3) is 4.25. The smallest absolute Gasteiger partial charge is 0.232 e. The number of carbonyl (C=O) groups is 2. The summed E-state index contributed by atoms with van der Waals surface area (Å²) in [6, 6.07) is 11.2. The Hall–Kier alpha value is -3.07. The van der Waals surface area contributed by atoms with Gasteiger partial charge in [0.2, 0.25) is 11.8 Å². The highest BCUT2D eigenvalue weighted by Crippen LogP contribution is 2.36. The highest BCUT2D eigenvalue weighted by atomic mass is 32.2. The van der Waals surface area contributed by atoms with Crippen LogP contribution in [-0.2, 0) is 19.4 Å². The molecule has 0 aromatic heterocycles. The maximum atomic E-state index is 13.0. The summed E-state index contributed by atoms with van der Waals surface area (Å²) in [5.74, 6) is 0.159. The van der Waals surface area contributed by atoms with Gasteiger partial charge in [-0.05, 0) is 36.4 Å². The third-order valence-corrected chi connectivity index (χ3v) is 6.26. The monoisotopic (exact) mass is 432 g/mol. The number of rotatable bonds is 6. The van der Waals surface area contributed by atoms with E-state index in [9.17, 15) is 18.0 Å². The summed E-state index contributed by atoms with van der Waals surface area (Å²) in [7, 11) is 1.34. The van der Waals surface area contributed by atoms with Crippen molar-refractivity contribution in [3.8, 4) is 11.5 Å². The normalized spacial score (nSPS) is 16.5. The fourth-order valence-electron chi connectivity index (χ4n) is 3.43. The van der Waals surface area contributed by atoms with Gasteiger partial charge in [-0.3, -0.25) is 9.59 Å². The topological polar surface area (TPSA) is 93.2 Å². The van der Waals surface area contributed by atoms with Crippen molar-refractivity contribution in [2.75, 3.05) is 43.9 Å². The number of carbonyl (C=O) groups excluding carboxylic acids is 2. The molecule has 1 heterocycles. The lowest BCUT2D eigenvalue weighted by Crippen LogP contribution is -2.34. The molecule has 30 heavy (non-hydrogen) atoms. The molecule has 0 N–H and O–H groups in total. The molecule has 1 aliphatic heterocycles. The molecule has 0 aliphatic carbocycles. The first-order valence-electron chi connectivity index (χ1n) is 9.25. The highest BCUT2D eigenvalue weighted by molar-refractivity contribution is 7.90. The molecule has 2 amide bonds. The van der Waals surface area contributed by atoms with Crippen LogP contribution in [-0.4, -0.2) is 54.3 Å². The van der Waals surface area contributed by atoms with E-state index in [2.05, 4.69) is 0 Å². The number of amides is 2. The maximum absolute atomic E-state index is 13.0. The minimum absolute atomic E-state index is 0.0744. The van der Waals surface area contributed by atoms with Crippen LogP contribution in [0, 0.1) is 5.92 Å². The Morgan fingerprint density at radius 2 is 1.77 bits per heavy atom. The molecule has 0 saturated carbocycles. The van der Waals surface area contributed by atoms with E-state index in [0.29, 0.717) is 22.9 Å². The molecular formula is C21H24N2O6S. The summed E-state index contributed by atoms with van der Waals surface area (Å²) in [5.41, 5.74) is 1.11. The fourth-order valence-corrected chi connectivity index (χ4v) is 4.06. The van der Waals surface area contributed by atoms with Gasteiger partial charge in [0, 0.05) is 38.0 Å². The standard InChI is InChI=1S/C21H24N2O6S/c1-22(15-5-8-17(9-6-15)30(4,26)27)21(25)14-11-20(24)23(13-14)18-12-16(28-2)7-10-19(18)29-3/h5-10,12,14H,11,13H2,1-4H3. The quantitative estimate of drug-likeness (QED) is 0.694. The number of hydrogen-bond acceptors (Lipinski definition) is 6. The first-order valence-corrected chi connectivity index (χ1v) is 11.1. The molecule has 9 heteroatoms. The summed E-state index contributed by atoms with van der Waals surface area (Å²) >= 11 is 0. The van der Waals surface area contributed by atoms with Crippen LogP contribution in [0.1, 0.15) is 6.42 Å². The summed E-state index contributed by atoms with van der Waals surface area (Å²) in [4.78, 5) is 28.8. The molecule has 0 bridgehead atoms. The molecule has 2 aromatic carbocycles. The number of sulfone groups is 1. The first-order chi connectivity index (χ1) is 14.2. The van der Waals surface area contributed by atoms with E-state index in [1.165, 1.54) is 36.2 Å². The zero-order valence-electron chi connectivity index (χ0n) is 17.3. The lowest BCUT2D eigenvalue weighted by molar-refractivity contribution is -0.124. The molecule has 160 valence electrons. The van der Waals surface area contributed by atoms with E-state index in [1.807, 2.05) is 0 Å². The predicted molar refractivity (Wildman–Crippen MR) is 113 cm³/mol. The Balaban J connectivity index is 1.80. The van der Waals surface area contributed by atoms with E-state index < -0.39 is 15.8 Å². The Kier molecular flexibility index (Phi) is 6.02. The van der Waals surface area contributed by atoms with Gasteiger partial charge in [-0.25, -0.2) is 8.42 Å². The highest BCUT2D eigenvalue weighted by Gasteiger charge is 2.38. The number of methoxy groups -OCH3 is 2. The van der Waals surface area contributed by atoms with E-state index in [0.717, 1.165) is 6.26 Å². The lowest BCUT2D eigenvalue weighted by Gasteiger charge is -2.23. The van der Waals surface area contributed by atoms with Crippen LogP contribution in [0.5, 0.6) is 11.5 Å². The average Bonchev–Trinajstić information content (AvgIpc) is 3.13. The Bertz CT molecular complexity index is 1070. The first kappa shape index (κ1) is 21.6. The van der Waals surface area contributed by atoms with Crippen LogP contribution in [0.15, 0.2) is 47.4 Å². The van der Waals surface area contributed by atoms with Crippen molar-refractivity contribution in [2.45, 2.75) is 11.3 Å². The van der Waals surface area contributed by atoms with Crippen molar-refractivity contribution in [1.29, 1.82) is 0 Å². The second-order valence-corrected chi connectivity index (χ2v) is 9.12. The molecule has 8 nitrogen and oxygen atoms in total. The van der Waals surface area contributed by atoms with Gasteiger partial charge in [0.05, 0.1) is 30.7 Å². The van der Waals surface area contributed by atoms with Gasteiger partial charge in [-0.1, -0.05) is 0 Å². The molecule has 2 aromatic rings. The van der Waals surface area contributed by atoms with Crippen LogP contribution < -0.4 is 19.3 Å². The molecule has 0 radical (unpaired) electrons. The molecule has 1 unspecified atom stereocenters. The van der Waals surface area contributed by atoms with Gasteiger partial charge < -0.3 is 19.3 Å². The number of hydrogen-bond donors (Lipinski definition) is 0. The number of ether oxygens (including phenoxy) is 2. The van der Waals surface area contributed by atoms with Crippen LogP contribution in [0.3, 0.4) is 0 Å². The zero-order chi connectivity index (χ0) is 22.1. The Labute approximate surface area is 175 Å². The van der Waals surface area contributed by atoms with Crippen LogP contribution in [0.2, 0.25) is 0 Å². The molecule has 1 aliphatic rings. The average molecular weight is 432 g/mol. The van der Waals surface area contributed by atoms with Gasteiger partial charge >= 0.3 is 0 Å². The lowest BCUT2D eigenvalue weighted by atomic mass is 10.1. The van der Waals surface area contributed by atoms with Gasteiger partial charge in [0.1, 0.15) is 11.5 Å². The fraction of sp³-hybridized carbons (Fsp3) is 0.333. The molecule has 1 saturated heterocycles. The SMILES string of the molecule is COc1ccc(OC)c(N2CC(C(=O)N(C)c3ccc(S(C)(=O)=O)cc3)CC2=O)c1. The molecule has 1 atom stereocenters. The predicted octanol–water partition coefficient (Wildman–Crippen LogP) is 2.12. The van der Waals surface area contributed by atoms with Crippen molar-refractivity contribution in [3.63, 3.8) is 0 Å². The van der Waals surface area contributed by atoms with Gasteiger partial charge in [-0.2, -0.15) is 0 Å². The number of nitrogens with zero attached hydrogens (tertiary/aromatic N) is 2. The molecular weight excluding hydrogens is 408 g/mol. The van der Waals surface area contributed by atoms with E-state index >= 15 is 0 Å². The van der Waals surface area contributed by atoms with Gasteiger partial charge in [0.15, 0.2) is 9.84 Å². The van der Waals surface area contributed by atoms with E-state index in [4.69, 9.17) is 9.47 Å². The molecule has 3 rings (SSSR count). The summed E-state index contributed by atoms with van der Waals surface area (Å²) in [6.45, 7) is 0.215.